The summed E-state index contributed by atoms with van der Waals surface area (Å²) < 4.78 is 12.8. The average molecular weight is 279 g/mol. The van der Waals surface area contributed by atoms with Gasteiger partial charge in [0.25, 0.3) is 0 Å². The van der Waals surface area contributed by atoms with Gasteiger partial charge in [0.05, 0.1) is 18.0 Å². The van der Waals surface area contributed by atoms with Crippen LogP contribution in [0.2, 0.25) is 0 Å². The van der Waals surface area contributed by atoms with Crippen molar-refractivity contribution in [1.82, 2.24) is 9.88 Å². The van der Waals surface area contributed by atoms with Crippen molar-refractivity contribution in [2.24, 2.45) is 17.6 Å². The number of likely N-dealkylation sites (tertiary alicyclic amines) is 1. The molecule has 3 N–H and O–H groups in total. The largest absolute Gasteiger partial charge is 0.393 e. The SMILES string of the molecule is NC(CCN1CC2CCC(O)C2C1)c1ccc(F)cn1. The Hall–Kier alpha value is -1.04. The summed E-state index contributed by atoms with van der Waals surface area (Å²) in [5.41, 5.74) is 6.85. The third kappa shape index (κ3) is 2.85. The summed E-state index contributed by atoms with van der Waals surface area (Å²) >= 11 is 0. The van der Waals surface area contributed by atoms with Crippen molar-refractivity contribution in [3.8, 4) is 0 Å². The van der Waals surface area contributed by atoms with E-state index in [4.69, 9.17) is 5.73 Å². The standard InChI is InChI=1S/C15H22FN3O/c16-11-2-3-14(18-7-11)13(17)5-6-19-8-10-1-4-15(20)12(10)9-19/h2-3,7,10,12-13,15,20H,1,4-6,8-9,17H2. The van der Waals surface area contributed by atoms with Gasteiger partial charge in [-0.3, -0.25) is 4.98 Å². The van der Waals surface area contributed by atoms with Crippen LogP contribution in [0.15, 0.2) is 18.3 Å². The topological polar surface area (TPSA) is 62.4 Å². The molecule has 2 fully saturated rings. The maximum Gasteiger partial charge on any atom is 0.141 e. The van der Waals surface area contributed by atoms with E-state index >= 15 is 0 Å². The van der Waals surface area contributed by atoms with E-state index in [9.17, 15) is 9.50 Å². The number of nitrogens with zero attached hydrogens (tertiary/aromatic N) is 2. The van der Waals surface area contributed by atoms with Gasteiger partial charge in [-0.25, -0.2) is 4.39 Å². The lowest BCUT2D eigenvalue weighted by atomic mass is 10.00. The molecular weight excluding hydrogens is 257 g/mol. The molecule has 0 amide bonds. The van der Waals surface area contributed by atoms with Gasteiger partial charge in [0, 0.05) is 31.6 Å². The minimum absolute atomic E-state index is 0.113. The smallest absolute Gasteiger partial charge is 0.141 e. The fourth-order valence-electron chi connectivity index (χ4n) is 3.59. The van der Waals surface area contributed by atoms with Crippen molar-refractivity contribution in [2.45, 2.75) is 31.4 Å². The Morgan fingerprint density at radius 2 is 2.25 bits per heavy atom. The number of rotatable bonds is 4. The molecule has 4 unspecified atom stereocenters. The summed E-state index contributed by atoms with van der Waals surface area (Å²) in [6.45, 7) is 2.97. The normalized spacial score (nSPS) is 31.4. The van der Waals surface area contributed by atoms with Crippen LogP contribution in [-0.2, 0) is 0 Å². The van der Waals surface area contributed by atoms with Crippen LogP contribution in [0.3, 0.4) is 0 Å². The molecule has 110 valence electrons. The summed E-state index contributed by atoms with van der Waals surface area (Å²) in [5, 5.41) is 9.90. The Morgan fingerprint density at radius 1 is 1.40 bits per heavy atom. The second-order valence-electron chi connectivity index (χ2n) is 6.12. The summed E-state index contributed by atoms with van der Waals surface area (Å²) in [5.74, 6) is 0.780. The van der Waals surface area contributed by atoms with Gasteiger partial charge in [-0.15, -0.1) is 0 Å². The van der Waals surface area contributed by atoms with Crippen LogP contribution < -0.4 is 5.73 Å². The van der Waals surface area contributed by atoms with Gasteiger partial charge in [-0.2, -0.15) is 0 Å². The predicted molar refractivity (Wildman–Crippen MR) is 74.4 cm³/mol. The van der Waals surface area contributed by atoms with E-state index in [-0.39, 0.29) is 18.0 Å². The number of aliphatic hydroxyl groups excluding tert-OH is 1. The molecule has 1 aromatic rings. The van der Waals surface area contributed by atoms with E-state index in [1.54, 1.807) is 6.07 Å². The third-order valence-corrected chi connectivity index (χ3v) is 4.78. The minimum atomic E-state index is -0.331. The van der Waals surface area contributed by atoms with Gasteiger partial charge in [0.1, 0.15) is 5.82 Å². The van der Waals surface area contributed by atoms with Crippen LogP contribution in [0.5, 0.6) is 0 Å². The highest BCUT2D eigenvalue weighted by molar-refractivity contribution is 5.09. The molecule has 1 saturated carbocycles. The molecule has 5 heteroatoms. The van der Waals surface area contributed by atoms with E-state index in [0.29, 0.717) is 11.8 Å². The molecular formula is C15H22FN3O. The number of hydrogen-bond donors (Lipinski definition) is 2. The molecule has 1 saturated heterocycles. The highest BCUT2D eigenvalue weighted by Gasteiger charge is 2.41. The van der Waals surface area contributed by atoms with Crippen LogP contribution >= 0.6 is 0 Å². The highest BCUT2D eigenvalue weighted by Crippen LogP contribution is 2.38. The maximum atomic E-state index is 12.8. The molecule has 1 aliphatic heterocycles. The number of aliphatic hydroxyl groups is 1. The first-order chi connectivity index (χ1) is 9.63. The van der Waals surface area contributed by atoms with E-state index in [1.165, 1.54) is 12.3 Å². The molecule has 4 nitrogen and oxygen atoms in total. The second-order valence-corrected chi connectivity index (χ2v) is 6.12. The first kappa shape index (κ1) is 13.9. The molecule has 2 aliphatic rings. The first-order valence-electron chi connectivity index (χ1n) is 7.41. The van der Waals surface area contributed by atoms with Crippen molar-refractivity contribution in [3.05, 3.63) is 29.8 Å². The Morgan fingerprint density at radius 3 is 2.95 bits per heavy atom. The van der Waals surface area contributed by atoms with Crippen molar-refractivity contribution in [1.29, 1.82) is 0 Å². The molecule has 4 atom stereocenters. The van der Waals surface area contributed by atoms with Crippen LogP contribution in [0.1, 0.15) is 31.0 Å². The van der Waals surface area contributed by atoms with Gasteiger partial charge in [0.2, 0.25) is 0 Å². The van der Waals surface area contributed by atoms with Crippen LogP contribution in [0.4, 0.5) is 4.39 Å². The van der Waals surface area contributed by atoms with E-state index in [1.807, 2.05) is 0 Å². The van der Waals surface area contributed by atoms with Crippen molar-refractivity contribution in [3.63, 3.8) is 0 Å². The third-order valence-electron chi connectivity index (χ3n) is 4.78. The van der Waals surface area contributed by atoms with Crippen LogP contribution in [0.25, 0.3) is 0 Å². The van der Waals surface area contributed by atoms with Crippen molar-refractivity contribution < 1.29 is 9.50 Å². The number of fused-ring (bicyclic) bond motifs is 1. The van der Waals surface area contributed by atoms with Gasteiger partial charge in [-0.05, 0) is 37.3 Å². The van der Waals surface area contributed by atoms with Gasteiger partial charge in [0.15, 0.2) is 0 Å². The Bertz CT molecular complexity index is 453. The zero-order chi connectivity index (χ0) is 14.1. The molecule has 0 radical (unpaired) electrons. The molecule has 0 aromatic carbocycles. The molecule has 2 heterocycles. The molecule has 3 rings (SSSR count). The average Bonchev–Trinajstić information content (AvgIpc) is 2.99. The Kier molecular flexibility index (Phi) is 4.01. The molecule has 20 heavy (non-hydrogen) atoms. The van der Waals surface area contributed by atoms with Crippen molar-refractivity contribution in [2.75, 3.05) is 19.6 Å². The summed E-state index contributed by atoms with van der Waals surface area (Å²) in [4.78, 5) is 6.42. The Balaban J connectivity index is 1.49. The highest BCUT2D eigenvalue weighted by atomic mass is 19.1. The number of hydrogen-bond acceptors (Lipinski definition) is 4. The van der Waals surface area contributed by atoms with Crippen LogP contribution in [0, 0.1) is 17.7 Å². The van der Waals surface area contributed by atoms with Gasteiger partial charge < -0.3 is 15.7 Å². The van der Waals surface area contributed by atoms with Gasteiger partial charge >= 0.3 is 0 Å². The fourth-order valence-corrected chi connectivity index (χ4v) is 3.59. The predicted octanol–water partition coefficient (Wildman–Crippen LogP) is 1.31. The number of nitrogens with two attached hydrogens (primary N) is 1. The van der Waals surface area contributed by atoms with Crippen LogP contribution in [-0.4, -0.2) is 40.7 Å². The second kappa shape index (κ2) is 5.76. The van der Waals surface area contributed by atoms with Crippen molar-refractivity contribution >= 4 is 0 Å². The number of pyridine rings is 1. The quantitative estimate of drug-likeness (QED) is 0.872. The van der Waals surface area contributed by atoms with E-state index < -0.39 is 0 Å². The maximum absolute atomic E-state index is 12.8. The molecule has 1 aromatic heterocycles. The summed E-state index contributed by atoms with van der Waals surface area (Å²) in [6.07, 6.45) is 4.02. The lowest BCUT2D eigenvalue weighted by molar-refractivity contribution is 0.124. The Labute approximate surface area is 118 Å². The number of halogens is 1. The van der Waals surface area contributed by atoms with Gasteiger partial charge in [-0.1, -0.05) is 0 Å². The lowest BCUT2D eigenvalue weighted by Gasteiger charge is -2.20. The first-order valence-corrected chi connectivity index (χ1v) is 7.41. The summed E-state index contributed by atoms with van der Waals surface area (Å²) in [6, 6.07) is 2.90. The zero-order valence-corrected chi connectivity index (χ0v) is 11.6. The zero-order valence-electron chi connectivity index (χ0n) is 11.6. The van der Waals surface area contributed by atoms with E-state index in [0.717, 1.165) is 44.6 Å². The summed E-state index contributed by atoms with van der Waals surface area (Å²) in [7, 11) is 0. The molecule has 0 bridgehead atoms. The minimum Gasteiger partial charge on any atom is -0.393 e. The number of aromatic nitrogens is 1. The lowest BCUT2D eigenvalue weighted by Crippen LogP contribution is -2.28. The molecule has 0 spiro atoms. The van der Waals surface area contributed by atoms with E-state index in [2.05, 4.69) is 9.88 Å². The monoisotopic (exact) mass is 279 g/mol. The molecule has 1 aliphatic carbocycles. The fraction of sp³-hybridized carbons (Fsp3) is 0.667.